The Bertz CT molecular complexity index is 570. The number of aryl methyl sites for hydroxylation is 1. The van der Waals surface area contributed by atoms with Gasteiger partial charge in [0, 0.05) is 17.5 Å². The summed E-state index contributed by atoms with van der Waals surface area (Å²) >= 11 is 6.03. The molecule has 0 radical (unpaired) electrons. The van der Waals surface area contributed by atoms with Crippen LogP contribution < -0.4 is 5.73 Å². The van der Waals surface area contributed by atoms with Crippen molar-refractivity contribution in [3.05, 3.63) is 70.2 Å². The lowest BCUT2D eigenvalue weighted by Gasteiger charge is -2.24. The van der Waals surface area contributed by atoms with E-state index in [9.17, 15) is 5.11 Å². The minimum absolute atomic E-state index is 0.151. The summed E-state index contributed by atoms with van der Waals surface area (Å²) in [7, 11) is 0. The van der Waals surface area contributed by atoms with Gasteiger partial charge in [-0.15, -0.1) is 0 Å². The van der Waals surface area contributed by atoms with Gasteiger partial charge in [0.1, 0.15) is 0 Å². The van der Waals surface area contributed by atoms with Crippen molar-refractivity contribution >= 4 is 11.6 Å². The lowest BCUT2D eigenvalue weighted by atomic mass is 9.87. The molecule has 0 heterocycles. The number of aliphatic hydroxyl groups is 1. The number of nitrogens with two attached hydrogens (primary N) is 1. The van der Waals surface area contributed by atoms with Gasteiger partial charge in [0.25, 0.3) is 0 Å². The molecule has 0 saturated carbocycles. The smallest absolute Gasteiger partial charge is 0.0873 e. The van der Waals surface area contributed by atoms with Crippen molar-refractivity contribution in [2.45, 2.75) is 25.4 Å². The highest BCUT2D eigenvalue weighted by molar-refractivity contribution is 6.30. The van der Waals surface area contributed by atoms with E-state index >= 15 is 0 Å². The summed E-state index contributed by atoms with van der Waals surface area (Å²) in [5.41, 5.74) is 8.96. The molecule has 0 aliphatic heterocycles. The molecule has 0 aromatic heterocycles. The van der Waals surface area contributed by atoms with Crippen molar-refractivity contribution in [2.24, 2.45) is 5.73 Å². The Morgan fingerprint density at radius 3 is 2.55 bits per heavy atom. The van der Waals surface area contributed by atoms with E-state index in [0.717, 1.165) is 23.1 Å². The molecule has 2 aromatic rings. The van der Waals surface area contributed by atoms with Crippen LogP contribution in [0.3, 0.4) is 0 Å². The standard InChI is InChI=1S/C17H20ClNO/c1-2-12-6-3-4-9-15(12)17(20)16(11-19)13-7-5-8-14(18)10-13/h3-10,16-17,20H,2,11,19H2,1H3. The van der Waals surface area contributed by atoms with Gasteiger partial charge in [0.15, 0.2) is 0 Å². The second-order valence-corrected chi connectivity index (χ2v) is 5.33. The third kappa shape index (κ3) is 3.21. The summed E-state index contributed by atoms with van der Waals surface area (Å²) in [5, 5.41) is 11.4. The Kier molecular flexibility index (Phi) is 5.18. The van der Waals surface area contributed by atoms with Crippen LogP contribution in [0, 0.1) is 0 Å². The molecular formula is C17H20ClNO. The van der Waals surface area contributed by atoms with Gasteiger partial charge in [-0.2, -0.15) is 0 Å². The molecule has 0 amide bonds. The Morgan fingerprint density at radius 1 is 1.15 bits per heavy atom. The predicted octanol–water partition coefficient (Wildman–Crippen LogP) is 3.68. The molecule has 0 aliphatic rings. The third-order valence-electron chi connectivity index (χ3n) is 3.67. The molecule has 2 nitrogen and oxygen atoms in total. The predicted molar refractivity (Wildman–Crippen MR) is 84.0 cm³/mol. The average Bonchev–Trinajstić information content (AvgIpc) is 2.48. The highest BCUT2D eigenvalue weighted by atomic mass is 35.5. The van der Waals surface area contributed by atoms with Crippen molar-refractivity contribution < 1.29 is 5.11 Å². The molecule has 2 atom stereocenters. The van der Waals surface area contributed by atoms with Gasteiger partial charge < -0.3 is 10.8 Å². The number of hydrogen-bond acceptors (Lipinski definition) is 2. The first-order valence-corrected chi connectivity index (χ1v) is 7.26. The molecule has 2 rings (SSSR count). The molecule has 2 aromatic carbocycles. The molecule has 0 bridgehead atoms. The van der Waals surface area contributed by atoms with E-state index < -0.39 is 6.10 Å². The van der Waals surface area contributed by atoms with Crippen molar-refractivity contribution in [1.82, 2.24) is 0 Å². The summed E-state index contributed by atoms with van der Waals surface area (Å²) in [4.78, 5) is 0. The van der Waals surface area contributed by atoms with Crippen LogP contribution in [0.15, 0.2) is 48.5 Å². The molecule has 0 spiro atoms. The summed E-state index contributed by atoms with van der Waals surface area (Å²) in [6, 6.07) is 15.5. The highest BCUT2D eigenvalue weighted by Gasteiger charge is 2.23. The number of rotatable bonds is 5. The maximum absolute atomic E-state index is 10.7. The van der Waals surface area contributed by atoms with Crippen molar-refractivity contribution in [3.63, 3.8) is 0 Å². The number of hydrogen-bond donors (Lipinski definition) is 2. The minimum atomic E-state index is -0.616. The number of halogens is 1. The van der Waals surface area contributed by atoms with Crippen LogP contribution >= 0.6 is 11.6 Å². The minimum Gasteiger partial charge on any atom is -0.388 e. The van der Waals surface area contributed by atoms with Gasteiger partial charge in [-0.05, 0) is 35.2 Å². The lowest BCUT2D eigenvalue weighted by molar-refractivity contribution is 0.146. The van der Waals surface area contributed by atoms with Crippen LogP contribution in [0.2, 0.25) is 5.02 Å². The first-order valence-electron chi connectivity index (χ1n) is 6.88. The van der Waals surface area contributed by atoms with Crippen molar-refractivity contribution in [1.29, 1.82) is 0 Å². The molecule has 0 saturated heterocycles. The van der Waals surface area contributed by atoms with Crippen LogP contribution in [0.25, 0.3) is 0 Å². The van der Waals surface area contributed by atoms with Crippen LogP contribution in [0.1, 0.15) is 35.6 Å². The molecule has 2 unspecified atom stereocenters. The second-order valence-electron chi connectivity index (χ2n) is 4.89. The Labute approximate surface area is 125 Å². The largest absolute Gasteiger partial charge is 0.388 e. The van der Waals surface area contributed by atoms with Crippen LogP contribution in [0.4, 0.5) is 0 Å². The molecule has 20 heavy (non-hydrogen) atoms. The normalized spacial score (nSPS) is 14.0. The maximum atomic E-state index is 10.7. The summed E-state index contributed by atoms with van der Waals surface area (Å²) in [5.74, 6) is -0.151. The summed E-state index contributed by atoms with van der Waals surface area (Å²) in [6.45, 7) is 2.46. The first-order chi connectivity index (χ1) is 9.67. The average molecular weight is 290 g/mol. The number of benzene rings is 2. The van der Waals surface area contributed by atoms with E-state index in [2.05, 4.69) is 6.92 Å². The molecule has 0 fully saturated rings. The lowest BCUT2D eigenvalue weighted by Crippen LogP contribution is -2.21. The van der Waals surface area contributed by atoms with Gasteiger partial charge >= 0.3 is 0 Å². The molecule has 0 aliphatic carbocycles. The fourth-order valence-corrected chi connectivity index (χ4v) is 2.74. The van der Waals surface area contributed by atoms with Gasteiger partial charge in [0.2, 0.25) is 0 Å². The Morgan fingerprint density at radius 2 is 1.90 bits per heavy atom. The topological polar surface area (TPSA) is 46.2 Å². The third-order valence-corrected chi connectivity index (χ3v) is 3.90. The quantitative estimate of drug-likeness (QED) is 0.882. The molecule has 3 heteroatoms. The molecule has 3 N–H and O–H groups in total. The van der Waals surface area contributed by atoms with Gasteiger partial charge in [0.05, 0.1) is 6.10 Å². The summed E-state index contributed by atoms with van der Waals surface area (Å²) < 4.78 is 0. The second kappa shape index (κ2) is 6.89. The van der Waals surface area contributed by atoms with E-state index in [1.807, 2.05) is 48.5 Å². The fraction of sp³-hybridized carbons (Fsp3) is 0.294. The van der Waals surface area contributed by atoms with Gasteiger partial charge in [-0.3, -0.25) is 0 Å². The van der Waals surface area contributed by atoms with E-state index in [-0.39, 0.29) is 5.92 Å². The fourth-order valence-electron chi connectivity index (χ4n) is 2.55. The Balaban J connectivity index is 2.36. The SMILES string of the molecule is CCc1ccccc1C(O)C(CN)c1cccc(Cl)c1. The molecule has 106 valence electrons. The van der Waals surface area contributed by atoms with Gasteiger partial charge in [-0.25, -0.2) is 0 Å². The van der Waals surface area contributed by atoms with Crippen molar-refractivity contribution in [3.8, 4) is 0 Å². The monoisotopic (exact) mass is 289 g/mol. The van der Waals surface area contributed by atoms with Crippen LogP contribution in [-0.4, -0.2) is 11.7 Å². The zero-order valence-electron chi connectivity index (χ0n) is 11.6. The highest BCUT2D eigenvalue weighted by Crippen LogP contribution is 2.33. The van der Waals surface area contributed by atoms with Crippen molar-refractivity contribution in [2.75, 3.05) is 6.54 Å². The van der Waals surface area contributed by atoms with Gasteiger partial charge in [-0.1, -0.05) is 54.9 Å². The van der Waals surface area contributed by atoms with E-state index in [1.165, 1.54) is 0 Å². The number of aliphatic hydroxyl groups excluding tert-OH is 1. The first kappa shape index (κ1) is 15.0. The zero-order valence-corrected chi connectivity index (χ0v) is 12.3. The van der Waals surface area contributed by atoms with E-state index in [1.54, 1.807) is 0 Å². The van der Waals surface area contributed by atoms with E-state index in [0.29, 0.717) is 11.6 Å². The van der Waals surface area contributed by atoms with E-state index in [4.69, 9.17) is 17.3 Å². The van der Waals surface area contributed by atoms with Crippen LogP contribution in [0.5, 0.6) is 0 Å². The van der Waals surface area contributed by atoms with Crippen LogP contribution in [-0.2, 0) is 6.42 Å². The maximum Gasteiger partial charge on any atom is 0.0873 e. The summed E-state index contributed by atoms with van der Waals surface area (Å²) in [6.07, 6.45) is 0.273. The Hall–Kier alpha value is -1.35. The molecular weight excluding hydrogens is 270 g/mol. The zero-order chi connectivity index (χ0) is 14.5.